The number of hydrogen-bond donors (Lipinski definition) is 1. The molecule has 0 unspecified atom stereocenters. The third-order valence-corrected chi connectivity index (χ3v) is 5.09. The molecule has 0 heterocycles. The summed E-state index contributed by atoms with van der Waals surface area (Å²) >= 11 is 0. The Bertz CT molecular complexity index is 432. The van der Waals surface area contributed by atoms with Crippen LogP contribution < -0.4 is 0 Å². The highest BCUT2D eigenvalue weighted by Gasteiger charge is 2.40. The molecule has 1 fully saturated rings. The molecule has 1 aliphatic rings. The number of rotatable bonds is 5. The summed E-state index contributed by atoms with van der Waals surface area (Å²) in [6.07, 6.45) is 2.85. The van der Waals surface area contributed by atoms with Crippen molar-refractivity contribution in [2.45, 2.75) is 25.7 Å². The summed E-state index contributed by atoms with van der Waals surface area (Å²) in [5.41, 5.74) is -0.828. The molecule has 7 heteroatoms. The van der Waals surface area contributed by atoms with Gasteiger partial charge in [0.1, 0.15) is 6.54 Å². The van der Waals surface area contributed by atoms with Crippen molar-refractivity contribution in [2.75, 3.05) is 19.3 Å². The molecule has 0 aromatic rings. The highest BCUT2D eigenvalue weighted by molar-refractivity contribution is 7.89. The van der Waals surface area contributed by atoms with E-state index in [1.165, 1.54) is 7.05 Å². The van der Waals surface area contributed by atoms with Gasteiger partial charge < -0.3 is 5.11 Å². The molecule has 1 saturated carbocycles. The lowest BCUT2D eigenvalue weighted by molar-refractivity contribution is -0.137. The Kier molecular flexibility index (Phi) is 4.11. The van der Waals surface area contributed by atoms with Crippen molar-refractivity contribution in [3.8, 4) is 6.07 Å². The largest absolute Gasteiger partial charge is 0.480 e. The minimum absolute atomic E-state index is 0.278. The number of sulfonamides is 1. The molecule has 0 aromatic heterocycles. The molecule has 0 amide bonds. The second-order valence-corrected chi connectivity index (χ2v) is 6.58. The summed E-state index contributed by atoms with van der Waals surface area (Å²) in [4.78, 5) is 10.5. The van der Waals surface area contributed by atoms with Gasteiger partial charge in [-0.1, -0.05) is 12.8 Å². The molecule has 1 rings (SSSR count). The fourth-order valence-corrected chi connectivity index (χ4v) is 3.67. The Hall–Kier alpha value is -1.13. The Balaban J connectivity index is 2.79. The van der Waals surface area contributed by atoms with Crippen LogP contribution in [-0.4, -0.2) is 43.1 Å². The van der Waals surface area contributed by atoms with Crippen LogP contribution in [0.25, 0.3) is 0 Å². The molecule has 0 aromatic carbocycles. The second kappa shape index (κ2) is 5.02. The van der Waals surface area contributed by atoms with Gasteiger partial charge in [0.25, 0.3) is 0 Å². The third kappa shape index (κ3) is 3.41. The first kappa shape index (κ1) is 13.9. The van der Waals surface area contributed by atoms with Gasteiger partial charge in [0.2, 0.25) is 10.0 Å². The summed E-state index contributed by atoms with van der Waals surface area (Å²) in [6.45, 7) is -0.566. The maximum atomic E-state index is 11.9. The van der Waals surface area contributed by atoms with Crippen LogP contribution in [0.4, 0.5) is 0 Å². The predicted molar refractivity (Wildman–Crippen MR) is 60.6 cm³/mol. The van der Waals surface area contributed by atoms with E-state index in [0.717, 1.165) is 17.1 Å². The molecule has 0 atom stereocenters. The summed E-state index contributed by atoms with van der Waals surface area (Å²) in [7, 11) is -2.45. The number of likely N-dealkylation sites (N-methyl/N-ethyl adjacent to an activating group) is 1. The minimum atomic E-state index is -3.68. The molecule has 17 heavy (non-hydrogen) atoms. The Morgan fingerprint density at radius 2 is 2.00 bits per heavy atom. The van der Waals surface area contributed by atoms with Crippen LogP contribution in [0.5, 0.6) is 0 Å². The van der Waals surface area contributed by atoms with Crippen molar-refractivity contribution in [1.29, 1.82) is 5.26 Å². The number of nitriles is 1. The summed E-state index contributed by atoms with van der Waals surface area (Å²) < 4.78 is 24.6. The monoisotopic (exact) mass is 260 g/mol. The van der Waals surface area contributed by atoms with Gasteiger partial charge in [0, 0.05) is 7.05 Å². The molecule has 96 valence electrons. The molecule has 1 N–H and O–H groups in total. The lowest BCUT2D eigenvalue weighted by Crippen LogP contribution is -2.38. The zero-order valence-electron chi connectivity index (χ0n) is 9.72. The van der Waals surface area contributed by atoms with E-state index in [-0.39, 0.29) is 5.75 Å². The van der Waals surface area contributed by atoms with E-state index in [1.807, 2.05) is 0 Å². The fraction of sp³-hybridized carbons (Fsp3) is 0.800. The van der Waals surface area contributed by atoms with Crippen molar-refractivity contribution < 1.29 is 18.3 Å². The van der Waals surface area contributed by atoms with E-state index in [4.69, 9.17) is 10.4 Å². The number of nitrogens with zero attached hydrogens (tertiary/aromatic N) is 2. The number of carboxylic acids is 1. The van der Waals surface area contributed by atoms with Crippen LogP contribution in [0.3, 0.4) is 0 Å². The van der Waals surface area contributed by atoms with Crippen LogP contribution in [0.2, 0.25) is 0 Å². The van der Waals surface area contributed by atoms with Gasteiger partial charge in [0.05, 0.1) is 17.2 Å². The van der Waals surface area contributed by atoms with Crippen LogP contribution in [-0.2, 0) is 14.8 Å². The van der Waals surface area contributed by atoms with E-state index < -0.39 is 28.0 Å². The average Bonchev–Trinajstić information content (AvgIpc) is 2.65. The van der Waals surface area contributed by atoms with Gasteiger partial charge in [-0.2, -0.15) is 9.57 Å². The smallest absolute Gasteiger partial charge is 0.318 e. The molecule has 0 radical (unpaired) electrons. The van der Waals surface area contributed by atoms with Gasteiger partial charge in [-0.15, -0.1) is 0 Å². The van der Waals surface area contributed by atoms with Crippen LogP contribution in [0, 0.1) is 16.7 Å². The van der Waals surface area contributed by atoms with Crippen LogP contribution in [0.15, 0.2) is 0 Å². The van der Waals surface area contributed by atoms with Gasteiger partial charge in [-0.05, 0) is 12.8 Å². The highest BCUT2D eigenvalue weighted by Crippen LogP contribution is 2.38. The normalized spacial score (nSPS) is 19.1. The van der Waals surface area contributed by atoms with Crippen molar-refractivity contribution in [2.24, 2.45) is 5.41 Å². The third-order valence-electron chi connectivity index (χ3n) is 3.09. The molecule has 0 bridgehead atoms. The van der Waals surface area contributed by atoms with Gasteiger partial charge in [-0.25, -0.2) is 8.42 Å². The predicted octanol–water partition coefficient (Wildman–Crippen LogP) is 0.417. The SMILES string of the molecule is CN(CC(=O)O)S(=O)(=O)CC1(C#N)CCCC1. The van der Waals surface area contributed by atoms with Crippen molar-refractivity contribution >= 4 is 16.0 Å². The van der Waals surface area contributed by atoms with Crippen molar-refractivity contribution in [3.63, 3.8) is 0 Å². The molecular formula is C10H16N2O4S. The van der Waals surface area contributed by atoms with E-state index in [0.29, 0.717) is 12.8 Å². The lowest BCUT2D eigenvalue weighted by Gasteiger charge is -2.23. The maximum Gasteiger partial charge on any atom is 0.318 e. The maximum absolute atomic E-state index is 11.9. The quantitative estimate of drug-likeness (QED) is 0.772. The van der Waals surface area contributed by atoms with Crippen molar-refractivity contribution in [3.05, 3.63) is 0 Å². The number of aliphatic carboxylic acids is 1. The first-order valence-corrected chi connectivity index (χ1v) is 6.99. The van der Waals surface area contributed by atoms with E-state index in [2.05, 4.69) is 6.07 Å². The topological polar surface area (TPSA) is 98.5 Å². The molecule has 6 nitrogen and oxygen atoms in total. The molecule has 0 spiro atoms. The standard InChI is InChI=1S/C10H16N2O4S/c1-12(6-9(13)14)17(15,16)8-10(7-11)4-2-3-5-10/h2-6,8H2,1H3,(H,13,14). The first-order valence-electron chi connectivity index (χ1n) is 5.38. The second-order valence-electron chi connectivity index (χ2n) is 4.51. The highest BCUT2D eigenvalue weighted by atomic mass is 32.2. The molecule has 0 aliphatic heterocycles. The summed E-state index contributed by atoms with van der Waals surface area (Å²) in [5, 5.41) is 17.7. The average molecular weight is 260 g/mol. The lowest BCUT2D eigenvalue weighted by atomic mass is 9.91. The van der Waals surface area contributed by atoms with Crippen LogP contribution in [0.1, 0.15) is 25.7 Å². The van der Waals surface area contributed by atoms with E-state index in [9.17, 15) is 13.2 Å². The zero-order valence-corrected chi connectivity index (χ0v) is 10.5. The molecular weight excluding hydrogens is 244 g/mol. The molecule has 0 saturated heterocycles. The number of carboxylic acid groups (broad SMARTS) is 1. The Morgan fingerprint density at radius 1 is 1.47 bits per heavy atom. The van der Waals surface area contributed by atoms with E-state index in [1.54, 1.807) is 0 Å². The Morgan fingerprint density at radius 3 is 2.41 bits per heavy atom. The van der Waals surface area contributed by atoms with Gasteiger partial charge in [-0.3, -0.25) is 4.79 Å². The Labute approximate surface area is 101 Å². The summed E-state index contributed by atoms with van der Waals surface area (Å²) in [5.74, 6) is -1.48. The van der Waals surface area contributed by atoms with Crippen molar-refractivity contribution in [1.82, 2.24) is 4.31 Å². The summed E-state index contributed by atoms with van der Waals surface area (Å²) in [6, 6.07) is 2.09. The number of hydrogen-bond acceptors (Lipinski definition) is 4. The van der Waals surface area contributed by atoms with E-state index >= 15 is 0 Å². The van der Waals surface area contributed by atoms with Gasteiger partial charge in [0.15, 0.2) is 0 Å². The minimum Gasteiger partial charge on any atom is -0.480 e. The molecule has 1 aliphatic carbocycles. The number of carbonyl (C=O) groups is 1. The van der Waals surface area contributed by atoms with Gasteiger partial charge >= 0.3 is 5.97 Å². The van der Waals surface area contributed by atoms with Crippen LogP contribution >= 0.6 is 0 Å². The fourth-order valence-electron chi connectivity index (χ4n) is 2.09. The first-order chi connectivity index (χ1) is 7.81. The zero-order chi connectivity index (χ0) is 13.1.